The van der Waals surface area contributed by atoms with Crippen LogP contribution in [0.15, 0.2) is 18.2 Å². The van der Waals surface area contributed by atoms with E-state index in [9.17, 15) is 0 Å². The first-order chi connectivity index (χ1) is 8.37. The van der Waals surface area contributed by atoms with Crippen LogP contribution >= 0.6 is 0 Å². The molecule has 0 aromatic heterocycles. The monoisotopic (exact) mass is 249 g/mol. The zero-order valence-corrected chi connectivity index (χ0v) is 11.7. The molecule has 0 saturated heterocycles. The van der Waals surface area contributed by atoms with Gasteiger partial charge >= 0.3 is 0 Å². The molecule has 1 aliphatic heterocycles. The number of nitrogens with two attached hydrogens (primary N) is 1. The third-order valence-electron chi connectivity index (χ3n) is 3.10. The number of nitrogens with zero attached hydrogens (tertiary/aromatic N) is 2. The molecule has 0 radical (unpaired) electrons. The molecule has 0 aliphatic carbocycles. The van der Waals surface area contributed by atoms with Crippen molar-refractivity contribution in [3.05, 3.63) is 18.2 Å². The van der Waals surface area contributed by atoms with Crippen LogP contribution in [0.5, 0.6) is 5.75 Å². The van der Waals surface area contributed by atoms with Crippen LogP contribution < -0.4 is 15.4 Å². The molecule has 4 nitrogen and oxygen atoms in total. The minimum absolute atomic E-state index is 0.174. The predicted molar refractivity (Wildman–Crippen MR) is 76.3 cm³/mol. The van der Waals surface area contributed by atoms with Crippen LogP contribution in [0.3, 0.4) is 0 Å². The number of anilines is 2. The van der Waals surface area contributed by atoms with E-state index in [2.05, 4.69) is 43.8 Å². The van der Waals surface area contributed by atoms with E-state index in [-0.39, 0.29) is 5.60 Å². The molecule has 0 fully saturated rings. The normalized spacial score (nSPS) is 17.5. The molecule has 0 bridgehead atoms. The van der Waals surface area contributed by atoms with E-state index in [0.29, 0.717) is 0 Å². The quantitative estimate of drug-likeness (QED) is 0.830. The van der Waals surface area contributed by atoms with E-state index in [1.807, 2.05) is 12.1 Å². The minimum atomic E-state index is -0.174. The lowest BCUT2D eigenvalue weighted by molar-refractivity contribution is 0.104. The Balaban J connectivity index is 2.26. The summed E-state index contributed by atoms with van der Waals surface area (Å²) in [6, 6.07) is 5.90. The van der Waals surface area contributed by atoms with Crippen molar-refractivity contribution >= 4 is 11.4 Å². The Hall–Kier alpha value is -1.42. The molecule has 1 heterocycles. The SMILES string of the molecule is CN(C)CCN1CC(C)(C)Oc2cc(N)ccc21. The number of fused-ring (bicyclic) bond motifs is 1. The van der Waals surface area contributed by atoms with Crippen LogP contribution in [0.25, 0.3) is 0 Å². The molecule has 0 atom stereocenters. The van der Waals surface area contributed by atoms with Crippen molar-refractivity contribution in [2.24, 2.45) is 0 Å². The Morgan fingerprint density at radius 1 is 1.39 bits per heavy atom. The van der Waals surface area contributed by atoms with Gasteiger partial charge in [-0.3, -0.25) is 0 Å². The molecule has 1 aliphatic rings. The van der Waals surface area contributed by atoms with Gasteiger partial charge in [-0.05, 0) is 40.1 Å². The fourth-order valence-electron chi connectivity index (χ4n) is 2.27. The van der Waals surface area contributed by atoms with Gasteiger partial charge in [-0.1, -0.05) is 0 Å². The summed E-state index contributed by atoms with van der Waals surface area (Å²) in [5.74, 6) is 0.894. The van der Waals surface area contributed by atoms with E-state index >= 15 is 0 Å². The van der Waals surface area contributed by atoms with Crippen LogP contribution in [-0.2, 0) is 0 Å². The van der Waals surface area contributed by atoms with Crippen LogP contribution in [0, 0.1) is 0 Å². The molecule has 0 spiro atoms. The third kappa shape index (κ3) is 2.88. The lowest BCUT2D eigenvalue weighted by Gasteiger charge is -2.41. The number of nitrogen functional groups attached to an aromatic ring is 1. The number of ether oxygens (including phenoxy) is 1. The van der Waals surface area contributed by atoms with Gasteiger partial charge in [0.2, 0.25) is 0 Å². The van der Waals surface area contributed by atoms with Crippen molar-refractivity contribution in [3.63, 3.8) is 0 Å². The van der Waals surface area contributed by atoms with Crippen LogP contribution in [0.1, 0.15) is 13.8 Å². The summed E-state index contributed by atoms with van der Waals surface area (Å²) in [5.41, 5.74) is 7.55. The van der Waals surface area contributed by atoms with Crippen molar-refractivity contribution in [3.8, 4) is 5.75 Å². The van der Waals surface area contributed by atoms with Gasteiger partial charge in [0.1, 0.15) is 11.4 Å². The first-order valence-corrected chi connectivity index (χ1v) is 6.36. The smallest absolute Gasteiger partial charge is 0.145 e. The standard InChI is InChI=1S/C14H23N3O/c1-14(2)10-17(8-7-16(3)4)12-6-5-11(15)9-13(12)18-14/h5-6,9H,7-8,10,15H2,1-4H3. The maximum absolute atomic E-state index is 6.00. The van der Waals surface area contributed by atoms with Gasteiger partial charge in [0.25, 0.3) is 0 Å². The predicted octanol–water partition coefficient (Wildman–Crippen LogP) is 1.81. The topological polar surface area (TPSA) is 41.7 Å². The number of benzene rings is 1. The zero-order chi connectivity index (χ0) is 13.3. The van der Waals surface area contributed by atoms with Crippen molar-refractivity contribution < 1.29 is 4.74 Å². The third-order valence-corrected chi connectivity index (χ3v) is 3.10. The highest BCUT2D eigenvalue weighted by atomic mass is 16.5. The molecular formula is C14H23N3O. The van der Waals surface area contributed by atoms with Crippen LogP contribution in [0.2, 0.25) is 0 Å². The van der Waals surface area contributed by atoms with Crippen molar-refractivity contribution in [1.82, 2.24) is 4.90 Å². The number of likely N-dealkylation sites (N-methyl/N-ethyl adjacent to an activating group) is 1. The lowest BCUT2D eigenvalue weighted by atomic mass is 10.0. The Bertz CT molecular complexity index is 429. The lowest BCUT2D eigenvalue weighted by Crippen LogP contribution is -2.48. The molecule has 0 saturated carbocycles. The molecule has 0 unspecified atom stereocenters. The van der Waals surface area contributed by atoms with Gasteiger partial charge in [0, 0.05) is 24.8 Å². The second kappa shape index (κ2) is 4.69. The van der Waals surface area contributed by atoms with Crippen LogP contribution in [-0.4, -0.2) is 44.2 Å². The van der Waals surface area contributed by atoms with E-state index in [4.69, 9.17) is 10.5 Å². The molecule has 2 N–H and O–H groups in total. The van der Waals surface area contributed by atoms with E-state index in [1.54, 1.807) is 0 Å². The maximum atomic E-state index is 6.00. The maximum Gasteiger partial charge on any atom is 0.145 e. The summed E-state index contributed by atoms with van der Waals surface area (Å²) in [6.45, 7) is 7.15. The largest absolute Gasteiger partial charge is 0.484 e. The fraction of sp³-hybridized carbons (Fsp3) is 0.571. The summed E-state index contributed by atoms with van der Waals surface area (Å²) < 4.78 is 6.00. The molecule has 18 heavy (non-hydrogen) atoms. The second-order valence-corrected chi connectivity index (χ2v) is 5.81. The zero-order valence-electron chi connectivity index (χ0n) is 11.7. The Kier molecular flexibility index (Phi) is 3.39. The summed E-state index contributed by atoms with van der Waals surface area (Å²) in [6.07, 6.45) is 0. The summed E-state index contributed by atoms with van der Waals surface area (Å²) in [7, 11) is 4.19. The average molecular weight is 249 g/mol. The van der Waals surface area contributed by atoms with Gasteiger partial charge in [-0.15, -0.1) is 0 Å². The van der Waals surface area contributed by atoms with Crippen molar-refractivity contribution in [2.75, 3.05) is 44.4 Å². The van der Waals surface area contributed by atoms with E-state index in [0.717, 1.165) is 36.8 Å². The Morgan fingerprint density at radius 2 is 2.11 bits per heavy atom. The molecule has 0 amide bonds. The molecular weight excluding hydrogens is 226 g/mol. The van der Waals surface area contributed by atoms with Gasteiger partial charge in [0.15, 0.2) is 0 Å². The first-order valence-electron chi connectivity index (χ1n) is 6.36. The van der Waals surface area contributed by atoms with E-state index in [1.165, 1.54) is 0 Å². The highest BCUT2D eigenvalue weighted by Crippen LogP contribution is 2.37. The van der Waals surface area contributed by atoms with Crippen LogP contribution in [0.4, 0.5) is 11.4 Å². The van der Waals surface area contributed by atoms with Gasteiger partial charge in [-0.2, -0.15) is 0 Å². The molecule has 4 heteroatoms. The minimum Gasteiger partial charge on any atom is -0.484 e. The van der Waals surface area contributed by atoms with Crippen molar-refractivity contribution in [1.29, 1.82) is 0 Å². The summed E-state index contributed by atoms with van der Waals surface area (Å²) >= 11 is 0. The molecule has 1 aromatic carbocycles. The fourth-order valence-corrected chi connectivity index (χ4v) is 2.27. The van der Waals surface area contributed by atoms with Gasteiger partial charge in [0.05, 0.1) is 12.2 Å². The first kappa shape index (κ1) is 13.0. The molecule has 1 aromatic rings. The average Bonchev–Trinajstić information content (AvgIpc) is 2.23. The number of rotatable bonds is 3. The highest BCUT2D eigenvalue weighted by molar-refractivity contribution is 5.65. The highest BCUT2D eigenvalue weighted by Gasteiger charge is 2.31. The second-order valence-electron chi connectivity index (χ2n) is 5.81. The number of hydrogen-bond acceptors (Lipinski definition) is 4. The van der Waals surface area contributed by atoms with Gasteiger partial charge < -0.3 is 20.3 Å². The molecule has 2 rings (SSSR count). The van der Waals surface area contributed by atoms with Crippen molar-refractivity contribution in [2.45, 2.75) is 19.4 Å². The van der Waals surface area contributed by atoms with Gasteiger partial charge in [-0.25, -0.2) is 0 Å². The summed E-state index contributed by atoms with van der Waals surface area (Å²) in [4.78, 5) is 4.57. The molecule has 100 valence electrons. The Morgan fingerprint density at radius 3 is 2.78 bits per heavy atom. The van der Waals surface area contributed by atoms with E-state index < -0.39 is 0 Å². The summed E-state index contributed by atoms with van der Waals surface area (Å²) in [5, 5.41) is 0. The Labute approximate surface area is 109 Å². The number of hydrogen-bond donors (Lipinski definition) is 1.